The SMILES string of the molecule is O=C1C[C@@H](c2ccccc2)N(c2ncnc3sc(-c4ccccc4)cc23)CCN1. The van der Waals surface area contributed by atoms with E-state index in [9.17, 15) is 4.79 Å². The van der Waals surface area contributed by atoms with Crippen molar-refractivity contribution in [3.8, 4) is 10.4 Å². The van der Waals surface area contributed by atoms with Gasteiger partial charge in [-0.1, -0.05) is 60.7 Å². The van der Waals surface area contributed by atoms with Gasteiger partial charge >= 0.3 is 0 Å². The van der Waals surface area contributed by atoms with E-state index < -0.39 is 0 Å². The monoisotopic (exact) mass is 400 g/mol. The number of amides is 1. The minimum absolute atomic E-state index is 0.0584. The van der Waals surface area contributed by atoms with Crippen LogP contribution in [0.2, 0.25) is 0 Å². The highest BCUT2D eigenvalue weighted by molar-refractivity contribution is 7.21. The Hall–Kier alpha value is -3.25. The molecule has 1 aliphatic heterocycles. The van der Waals surface area contributed by atoms with Gasteiger partial charge in [-0.05, 0) is 17.2 Å². The largest absolute Gasteiger partial charge is 0.354 e. The zero-order chi connectivity index (χ0) is 19.6. The number of hydrogen-bond donors (Lipinski definition) is 1. The van der Waals surface area contributed by atoms with Crippen LogP contribution in [0, 0.1) is 0 Å². The van der Waals surface area contributed by atoms with Gasteiger partial charge in [0.15, 0.2) is 0 Å². The summed E-state index contributed by atoms with van der Waals surface area (Å²) in [5, 5.41) is 4.04. The standard InChI is InChI=1S/C23H20N4OS/c28-21-14-19(16-7-3-1-4-8-16)27(12-11-24-21)22-18-13-20(17-9-5-2-6-10-17)29-23(18)26-15-25-22/h1-10,13,15,19H,11-12,14H2,(H,24,28)/t19-/m0/s1. The number of fused-ring (bicyclic) bond motifs is 1. The van der Waals surface area contributed by atoms with Crippen molar-refractivity contribution in [3.05, 3.63) is 78.6 Å². The smallest absolute Gasteiger partial charge is 0.222 e. The van der Waals surface area contributed by atoms with Gasteiger partial charge in [-0.15, -0.1) is 11.3 Å². The van der Waals surface area contributed by atoms with Crippen LogP contribution in [0.5, 0.6) is 0 Å². The number of hydrogen-bond acceptors (Lipinski definition) is 5. The van der Waals surface area contributed by atoms with Gasteiger partial charge in [-0.25, -0.2) is 9.97 Å². The maximum atomic E-state index is 12.3. The van der Waals surface area contributed by atoms with E-state index in [2.05, 4.69) is 50.5 Å². The predicted octanol–water partition coefficient (Wildman–Crippen LogP) is 4.43. The first-order valence-electron chi connectivity index (χ1n) is 9.68. The molecule has 1 fully saturated rings. The van der Waals surface area contributed by atoms with E-state index in [1.807, 2.05) is 36.4 Å². The van der Waals surface area contributed by atoms with E-state index in [0.29, 0.717) is 19.5 Å². The van der Waals surface area contributed by atoms with Crippen molar-refractivity contribution in [1.29, 1.82) is 0 Å². The minimum Gasteiger partial charge on any atom is -0.354 e. The van der Waals surface area contributed by atoms with Crippen LogP contribution in [0.25, 0.3) is 20.7 Å². The summed E-state index contributed by atoms with van der Waals surface area (Å²) in [6.45, 7) is 1.30. The molecule has 1 saturated heterocycles. The maximum absolute atomic E-state index is 12.3. The molecule has 0 radical (unpaired) electrons. The second-order valence-electron chi connectivity index (χ2n) is 7.07. The quantitative estimate of drug-likeness (QED) is 0.553. The number of anilines is 1. The molecule has 5 rings (SSSR count). The summed E-state index contributed by atoms with van der Waals surface area (Å²) in [4.78, 5) is 25.9. The molecular formula is C23H20N4OS. The number of carbonyl (C=O) groups excluding carboxylic acids is 1. The van der Waals surface area contributed by atoms with Gasteiger partial charge in [0.1, 0.15) is 17.0 Å². The lowest BCUT2D eigenvalue weighted by Crippen LogP contribution is -2.31. The molecule has 0 spiro atoms. The molecule has 1 aliphatic rings. The molecular weight excluding hydrogens is 380 g/mol. The fraction of sp³-hybridized carbons (Fsp3) is 0.174. The summed E-state index contributed by atoms with van der Waals surface area (Å²) in [6.07, 6.45) is 2.04. The molecule has 0 aliphatic carbocycles. The van der Waals surface area contributed by atoms with Crippen molar-refractivity contribution in [2.24, 2.45) is 0 Å². The van der Waals surface area contributed by atoms with Gasteiger partial charge in [0.25, 0.3) is 0 Å². The highest BCUT2D eigenvalue weighted by atomic mass is 32.1. The predicted molar refractivity (Wildman–Crippen MR) is 117 cm³/mol. The average Bonchev–Trinajstić information content (AvgIpc) is 3.12. The highest BCUT2D eigenvalue weighted by Gasteiger charge is 2.29. The topological polar surface area (TPSA) is 58.1 Å². The Balaban J connectivity index is 1.62. The van der Waals surface area contributed by atoms with Crippen molar-refractivity contribution in [3.63, 3.8) is 0 Å². The molecule has 1 atom stereocenters. The third-order valence-corrected chi connectivity index (χ3v) is 6.35. The molecule has 3 heterocycles. The first-order valence-corrected chi connectivity index (χ1v) is 10.5. The van der Waals surface area contributed by atoms with Crippen molar-refractivity contribution in [2.45, 2.75) is 12.5 Å². The van der Waals surface area contributed by atoms with Crippen molar-refractivity contribution in [2.75, 3.05) is 18.0 Å². The van der Waals surface area contributed by atoms with E-state index in [4.69, 9.17) is 0 Å². The highest BCUT2D eigenvalue weighted by Crippen LogP contribution is 2.39. The zero-order valence-corrected chi connectivity index (χ0v) is 16.6. The van der Waals surface area contributed by atoms with E-state index in [1.54, 1.807) is 17.7 Å². The molecule has 4 aromatic rings. The Labute approximate surface area is 173 Å². The third-order valence-electron chi connectivity index (χ3n) is 5.25. The van der Waals surface area contributed by atoms with Gasteiger partial charge in [0.05, 0.1) is 17.8 Å². The lowest BCUT2D eigenvalue weighted by Gasteiger charge is -2.30. The van der Waals surface area contributed by atoms with Crippen LogP contribution in [0.1, 0.15) is 18.0 Å². The molecule has 0 unspecified atom stereocenters. The minimum atomic E-state index is -0.0584. The Morgan fingerprint density at radius 2 is 1.76 bits per heavy atom. The van der Waals surface area contributed by atoms with Gasteiger partial charge in [0.2, 0.25) is 5.91 Å². The molecule has 0 saturated carbocycles. The third kappa shape index (κ3) is 3.47. The van der Waals surface area contributed by atoms with Crippen LogP contribution >= 0.6 is 11.3 Å². The Bertz CT molecular complexity index is 1140. The number of nitrogens with zero attached hydrogens (tertiary/aromatic N) is 3. The van der Waals surface area contributed by atoms with Crippen LogP contribution in [0.15, 0.2) is 73.1 Å². The van der Waals surface area contributed by atoms with Crippen molar-refractivity contribution >= 4 is 33.3 Å². The molecule has 0 bridgehead atoms. The average molecular weight is 401 g/mol. The summed E-state index contributed by atoms with van der Waals surface area (Å²) in [6, 6.07) is 22.6. The van der Waals surface area contributed by atoms with Crippen molar-refractivity contribution in [1.82, 2.24) is 15.3 Å². The molecule has 2 aromatic heterocycles. The number of carbonyl (C=O) groups is 1. The number of nitrogens with one attached hydrogen (secondary N) is 1. The molecule has 1 amide bonds. The second kappa shape index (κ2) is 7.64. The van der Waals surface area contributed by atoms with Crippen LogP contribution in [0.4, 0.5) is 5.82 Å². The van der Waals surface area contributed by atoms with E-state index in [1.165, 1.54) is 10.4 Å². The number of thiophene rings is 1. The van der Waals surface area contributed by atoms with Gasteiger partial charge in [-0.3, -0.25) is 4.79 Å². The lowest BCUT2D eigenvalue weighted by molar-refractivity contribution is -0.121. The summed E-state index contributed by atoms with van der Waals surface area (Å²) in [5.74, 6) is 0.959. The summed E-state index contributed by atoms with van der Waals surface area (Å²) < 4.78 is 0. The van der Waals surface area contributed by atoms with Crippen LogP contribution < -0.4 is 10.2 Å². The Morgan fingerprint density at radius 3 is 2.55 bits per heavy atom. The van der Waals surface area contributed by atoms with Gasteiger partial charge < -0.3 is 10.2 Å². The normalized spacial score (nSPS) is 17.2. The van der Waals surface area contributed by atoms with Crippen molar-refractivity contribution < 1.29 is 4.79 Å². The lowest BCUT2D eigenvalue weighted by atomic mass is 10.0. The molecule has 6 heteroatoms. The van der Waals surface area contributed by atoms with Gasteiger partial charge in [0, 0.05) is 18.0 Å². The molecule has 144 valence electrons. The Kier molecular flexibility index (Phi) is 4.69. The summed E-state index contributed by atoms with van der Waals surface area (Å²) >= 11 is 1.67. The van der Waals surface area contributed by atoms with Crippen LogP contribution in [-0.2, 0) is 4.79 Å². The summed E-state index contributed by atoms with van der Waals surface area (Å²) in [5.41, 5.74) is 2.29. The van der Waals surface area contributed by atoms with Crippen LogP contribution in [0.3, 0.4) is 0 Å². The molecule has 1 N–H and O–H groups in total. The van der Waals surface area contributed by atoms with E-state index in [-0.39, 0.29) is 11.9 Å². The fourth-order valence-electron chi connectivity index (χ4n) is 3.87. The number of benzene rings is 2. The first-order chi connectivity index (χ1) is 14.3. The molecule has 29 heavy (non-hydrogen) atoms. The maximum Gasteiger partial charge on any atom is 0.222 e. The molecule has 2 aromatic carbocycles. The molecule has 5 nitrogen and oxygen atoms in total. The summed E-state index contributed by atoms with van der Waals surface area (Å²) in [7, 11) is 0. The van der Waals surface area contributed by atoms with Crippen LogP contribution in [-0.4, -0.2) is 29.0 Å². The van der Waals surface area contributed by atoms with Gasteiger partial charge in [-0.2, -0.15) is 0 Å². The van der Waals surface area contributed by atoms with E-state index in [0.717, 1.165) is 21.6 Å². The Morgan fingerprint density at radius 1 is 1.00 bits per heavy atom. The first kappa shape index (κ1) is 17.8. The number of rotatable bonds is 3. The zero-order valence-electron chi connectivity index (χ0n) is 15.8. The second-order valence-corrected chi connectivity index (χ2v) is 8.10. The fourth-order valence-corrected chi connectivity index (χ4v) is 4.87. The number of aromatic nitrogens is 2. The van der Waals surface area contributed by atoms with E-state index >= 15 is 0 Å².